The van der Waals surface area contributed by atoms with Crippen molar-refractivity contribution in [2.45, 2.75) is 13.2 Å². The zero-order valence-electron chi connectivity index (χ0n) is 10.3. The molecule has 1 aromatic heterocycles. The van der Waals surface area contributed by atoms with Gasteiger partial charge in [-0.2, -0.15) is 0 Å². The monoisotopic (exact) mass is 274 g/mol. The Bertz CT molecular complexity index is 575. The molecule has 19 heavy (non-hydrogen) atoms. The molecule has 3 nitrogen and oxygen atoms in total. The number of ether oxygens (including phenoxy) is 1. The summed E-state index contributed by atoms with van der Waals surface area (Å²) >= 11 is 1.55. The van der Waals surface area contributed by atoms with E-state index in [2.05, 4.69) is 11.8 Å². The molecule has 0 unspecified atom stereocenters. The molecule has 0 saturated heterocycles. The average Bonchev–Trinajstić information content (AvgIpc) is 2.91. The lowest BCUT2D eigenvalue weighted by molar-refractivity contribution is 0.281. The minimum atomic E-state index is -0.124. The highest BCUT2D eigenvalue weighted by molar-refractivity contribution is 7.12. The van der Waals surface area contributed by atoms with E-state index in [1.165, 1.54) is 0 Å². The van der Waals surface area contributed by atoms with Crippen LogP contribution in [0.2, 0.25) is 0 Å². The number of hydrogen-bond acceptors (Lipinski definition) is 4. The molecule has 0 aliphatic rings. The van der Waals surface area contributed by atoms with Gasteiger partial charge >= 0.3 is 0 Å². The number of aliphatic hydroxyl groups excluding tert-OH is 2. The van der Waals surface area contributed by atoms with E-state index in [-0.39, 0.29) is 13.2 Å². The molecule has 0 radical (unpaired) electrons. The number of benzene rings is 1. The van der Waals surface area contributed by atoms with Crippen molar-refractivity contribution in [3.63, 3.8) is 0 Å². The van der Waals surface area contributed by atoms with Crippen molar-refractivity contribution in [3.05, 3.63) is 51.7 Å². The second-order valence-electron chi connectivity index (χ2n) is 3.82. The molecule has 0 aliphatic heterocycles. The third-order valence-corrected chi connectivity index (χ3v) is 3.41. The van der Waals surface area contributed by atoms with Crippen molar-refractivity contribution in [2.75, 3.05) is 6.61 Å². The Morgan fingerprint density at radius 3 is 2.53 bits per heavy atom. The van der Waals surface area contributed by atoms with Crippen molar-refractivity contribution in [1.82, 2.24) is 0 Å². The van der Waals surface area contributed by atoms with Crippen LogP contribution in [0.5, 0.6) is 5.75 Å². The molecule has 4 heteroatoms. The Morgan fingerprint density at radius 2 is 1.84 bits per heavy atom. The minimum Gasteiger partial charge on any atom is -0.488 e. The van der Waals surface area contributed by atoms with Gasteiger partial charge in [0.05, 0.1) is 11.5 Å². The third-order valence-electron chi connectivity index (χ3n) is 2.44. The maximum Gasteiger partial charge on any atom is 0.122 e. The molecular formula is C15H14O3S. The van der Waals surface area contributed by atoms with Gasteiger partial charge in [-0.25, -0.2) is 0 Å². The molecular weight excluding hydrogens is 260 g/mol. The van der Waals surface area contributed by atoms with E-state index in [9.17, 15) is 0 Å². The predicted octanol–water partition coefficient (Wildman–Crippen LogP) is 2.16. The van der Waals surface area contributed by atoms with E-state index in [0.717, 1.165) is 21.1 Å². The van der Waals surface area contributed by atoms with Crippen molar-refractivity contribution in [2.24, 2.45) is 0 Å². The number of hydrogen-bond donors (Lipinski definition) is 2. The van der Waals surface area contributed by atoms with Crippen LogP contribution in [-0.2, 0) is 13.2 Å². The fraction of sp³-hybridized carbons (Fsp3) is 0.200. The third kappa shape index (κ3) is 4.11. The summed E-state index contributed by atoms with van der Waals surface area (Å²) in [5, 5.41) is 17.6. The van der Waals surface area contributed by atoms with Gasteiger partial charge < -0.3 is 14.9 Å². The lowest BCUT2D eigenvalue weighted by Crippen LogP contribution is -1.93. The lowest BCUT2D eigenvalue weighted by atomic mass is 10.2. The molecule has 0 atom stereocenters. The van der Waals surface area contributed by atoms with Crippen molar-refractivity contribution < 1.29 is 14.9 Å². The first-order valence-electron chi connectivity index (χ1n) is 5.83. The lowest BCUT2D eigenvalue weighted by Gasteiger charge is -2.04. The van der Waals surface area contributed by atoms with Gasteiger partial charge in [0.15, 0.2) is 0 Å². The Balaban J connectivity index is 1.92. The summed E-state index contributed by atoms with van der Waals surface area (Å²) in [6, 6.07) is 11.2. The van der Waals surface area contributed by atoms with Gasteiger partial charge in [-0.15, -0.1) is 11.3 Å². The molecule has 0 amide bonds. The number of aliphatic hydroxyl groups is 2. The molecule has 98 valence electrons. The molecule has 2 aromatic rings. The largest absolute Gasteiger partial charge is 0.488 e. The Hall–Kier alpha value is -1.80. The van der Waals surface area contributed by atoms with Crippen LogP contribution in [0, 0.1) is 11.8 Å². The fourth-order valence-electron chi connectivity index (χ4n) is 1.49. The molecule has 0 spiro atoms. The summed E-state index contributed by atoms with van der Waals surface area (Å²) < 4.78 is 5.64. The van der Waals surface area contributed by atoms with E-state index < -0.39 is 0 Å². The first-order chi connectivity index (χ1) is 9.31. The Morgan fingerprint density at radius 1 is 1.05 bits per heavy atom. The summed E-state index contributed by atoms with van der Waals surface area (Å²) in [7, 11) is 0. The fourth-order valence-corrected chi connectivity index (χ4v) is 2.29. The molecule has 0 saturated carbocycles. The number of rotatable bonds is 4. The summed E-state index contributed by atoms with van der Waals surface area (Å²) in [5.74, 6) is 6.25. The van der Waals surface area contributed by atoms with E-state index >= 15 is 0 Å². The van der Waals surface area contributed by atoms with E-state index in [0.29, 0.717) is 6.61 Å². The standard InChI is InChI=1S/C15H14O3S/c16-9-1-2-14-7-8-15(19-14)11-18-13-5-3-12(10-17)4-6-13/h3-8,16-17H,9-11H2. The van der Waals surface area contributed by atoms with Gasteiger partial charge in [0.1, 0.15) is 19.0 Å². The normalized spacial score (nSPS) is 9.79. The van der Waals surface area contributed by atoms with Crippen LogP contribution in [0.25, 0.3) is 0 Å². The number of thiophene rings is 1. The van der Waals surface area contributed by atoms with Crippen LogP contribution in [-0.4, -0.2) is 16.8 Å². The zero-order valence-corrected chi connectivity index (χ0v) is 11.1. The van der Waals surface area contributed by atoms with Crippen LogP contribution >= 0.6 is 11.3 Å². The molecule has 2 rings (SSSR count). The van der Waals surface area contributed by atoms with Gasteiger partial charge in [-0.1, -0.05) is 24.0 Å². The van der Waals surface area contributed by atoms with Gasteiger partial charge in [-0.3, -0.25) is 0 Å². The average molecular weight is 274 g/mol. The first-order valence-corrected chi connectivity index (χ1v) is 6.64. The summed E-state index contributed by atoms with van der Waals surface area (Å²) in [6.45, 7) is 0.406. The topological polar surface area (TPSA) is 49.7 Å². The zero-order chi connectivity index (χ0) is 13.5. The minimum absolute atomic E-state index is 0.0398. The second kappa shape index (κ2) is 6.95. The molecule has 1 aromatic carbocycles. The molecule has 1 heterocycles. The van der Waals surface area contributed by atoms with E-state index in [4.69, 9.17) is 14.9 Å². The van der Waals surface area contributed by atoms with Crippen LogP contribution in [0.1, 0.15) is 15.3 Å². The molecule has 0 bridgehead atoms. The maximum absolute atomic E-state index is 8.94. The molecule has 2 N–H and O–H groups in total. The summed E-state index contributed by atoms with van der Waals surface area (Å²) in [6.07, 6.45) is 0. The van der Waals surface area contributed by atoms with Crippen LogP contribution in [0.15, 0.2) is 36.4 Å². The van der Waals surface area contributed by atoms with Gasteiger partial charge in [-0.05, 0) is 29.8 Å². The van der Waals surface area contributed by atoms with Gasteiger partial charge in [0.2, 0.25) is 0 Å². The van der Waals surface area contributed by atoms with Crippen LogP contribution in [0.3, 0.4) is 0 Å². The molecule has 0 aliphatic carbocycles. The van der Waals surface area contributed by atoms with Crippen molar-refractivity contribution in [3.8, 4) is 17.6 Å². The Labute approximate surface area is 116 Å². The predicted molar refractivity (Wildman–Crippen MR) is 75.0 cm³/mol. The highest BCUT2D eigenvalue weighted by Crippen LogP contribution is 2.19. The van der Waals surface area contributed by atoms with E-state index in [1.54, 1.807) is 11.3 Å². The molecule has 0 fully saturated rings. The quantitative estimate of drug-likeness (QED) is 0.840. The highest BCUT2D eigenvalue weighted by Gasteiger charge is 2.00. The summed E-state index contributed by atoms with van der Waals surface area (Å²) in [5.41, 5.74) is 0.866. The van der Waals surface area contributed by atoms with Gasteiger partial charge in [0.25, 0.3) is 0 Å². The SMILES string of the molecule is OCC#Cc1ccc(COc2ccc(CO)cc2)s1. The highest BCUT2D eigenvalue weighted by atomic mass is 32.1. The van der Waals surface area contributed by atoms with Gasteiger partial charge in [0, 0.05) is 4.88 Å². The van der Waals surface area contributed by atoms with Crippen molar-refractivity contribution >= 4 is 11.3 Å². The summed E-state index contributed by atoms with van der Waals surface area (Å²) in [4.78, 5) is 2.00. The first kappa shape index (κ1) is 13.6. The maximum atomic E-state index is 8.94. The van der Waals surface area contributed by atoms with Crippen LogP contribution < -0.4 is 4.74 Å². The Kier molecular flexibility index (Phi) is 4.99. The smallest absolute Gasteiger partial charge is 0.122 e. The van der Waals surface area contributed by atoms with Crippen LogP contribution in [0.4, 0.5) is 0 Å². The van der Waals surface area contributed by atoms with E-state index in [1.807, 2.05) is 36.4 Å². The van der Waals surface area contributed by atoms with Crippen molar-refractivity contribution in [1.29, 1.82) is 0 Å². The second-order valence-corrected chi connectivity index (χ2v) is 4.98.